The van der Waals surface area contributed by atoms with E-state index in [4.69, 9.17) is 9.47 Å². The van der Waals surface area contributed by atoms with Gasteiger partial charge in [-0.15, -0.1) is 0 Å². The highest BCUT2D eigenvalue weighted by Gasteiger charge is 2.35. The molecule has 0 aliphatic carbocycles. The van der Waals surface area contributed by atoms with Crippen LogP contribution in [0.1, 0.15) is 34.3 Å². The molecule has 7 nitrogen and oxygen atoms in total. The molecule has 7 heteroatoms. The Hall–Kier alpha value is -4.13. The molecule has 4 rings (SSSR count). The highest BCUT2D eigenvalue weighted by Crippen LogP contribution is 2.19. The normalized spacial score (nSPS) is 15.1. The molecular formula is C30H32N2O5. The van der Waals surface area contributed by atoms with E-state index < -0.39 is 12.0 Å². The molecule has 0 saturated carbocycles. The second kappa shape index (κ2) is 13.3. The smallest absolute Gasteiger partial charge is 0.308 e. The molecule has 37 heavy (non-hydrogen) atoms. The fourth-order valence-electron chi connectivity index (χ4n) is 4.30. The molecule has 3 aromatic rings. The third-order valence-electron chi connectivity index (χ3n) is 6.25. The van der Waals surface area contributed by atoms with Crippen LogP contribution in [0.2, 0.25) is 0 Å². The molecule has 2 amide bonds. The Labute approximate surface area is 217 Å². The molecule has 1 N–H and O–H groups in total. The Kier molecular flexibility index (Phi) is 9.29. The molecule has 0 radical (unpaired) electrons. The minimum Gasteiger partial charge on any atom is -0.493 e. The first-order chi connectivity index (χ1) is 18.1. The van der Waals surface area contributed by atoms with Gasteiger partial charge in [0.15, 0.2) is 0 Å². The van der Waals surface area contributed by atoms with Gasteiger partial charge in [0.1, 0.15) is 11.8 Å². The lowest BCUT2D eigenvalue weighted by molar-refractivity contribution is -0.147. The van der Waals surface area contributed by atoms with Gasteiger partial charge in [-0.3, -0.25) is 14.4 Å². The molecule has 0 aromatic heterocycles. The Morgan fingerprint density at radius 2 is 1.57 bits per heavy atom. The quantitative estimate of drug-likeness (QED) is 0.320. The molecule has 1 saturated heterocycles. The standard InChI is InChI=1S/C30H32N2O5/c33-28(37-19-8-13-23-9-3-1-4-10-23)22-27-29(34)31-17-18-32(27)30(35)25-14-7-15-26(21-25)36-20-16-24-11-5-2-6-12-24/h1-7,9-12,14-15,21,27H,8,13,16-20,22H2,(H,31,34). The van der Waals surface area contributed by atoms with Crippen molar-refractivity contribution in [1.82, 2.24) is 10.2 Å². The molecular weight excluding hydrogens is 468 g/mol. The van der Waals surface area contributed by atoms with E-state index in [1.54, 1.807) is 24.3 Å². The van der Waals surface area contributed by atoms with Crippen LogP contribution in [0.15, 0.2) is 84.9 Å². The third kappa shape index (κ3) is 7.67. The predicted octanol–water partition coefficient (Wildman–Crippen LogP) is 3.81. The van der Waals surface area contributed by atoms with E-state index in [0.29, 0.717) is 37.4 Å². The van der Waals surface area contributed by atoms with E-state index in [9.17, 15) is 14.4 Å². The van der Waals surface area contributed by atoms with Crippen molar-refractivity contribution in [2.45, 2.75) is 31.7 Å². The van der Waals surface area contributed by atoms with E-state index in [0.717, 1.165) is 12.8 Å². The van der Waals surface area contributed by atoms with Crippen LogP contribution in [0.5, 0.6) is 5.75 Å². The third-order valence-corrected chi connectivity index (χ3v) is 6.25. The summed E-state index contributed by atoms with van der Waals surface area (Å²) in [5.74, 6) is -0.579. The number of benzene rings is 3. The number of amides is 2. The number of nitrogens with one attached hydrogen (secondary N) is 1. The molecule has 1 aliphatic heterocycles. The maximum absolute atomic E-state index is 13.3. The highest BCUT2D eigenvalue weighted by molar-refractivity contribution is 5.99. The number of ether oxygens (including phenoxy) is 2. The number of aryl methyl sites for hydroxylation is 1. The van der Waals surface area contributed by atoms with Crippen LogP contribution in [0.3, 0.4) is 0 Å². The van der Waals surface area contributed by atoms with Crippen molar-refractivity contribution in [1.29, 1.82) is 0 Å². The Bertz CT molecular complexity index is 1180. The summed E-state index contributed by atoms with van der Waals surface area (Å²) < 4.78 is 11.2. The van der Waals surface area contributed by atoms with Crippen LogP contribution in [-0.2, 0) is 27.2 Å². The molecule has 1 heterocycles. The lowest BCUT2D eigenvalue weighted by atomic mass is 10.1. The number of esters is 1. The zero-order valence-electron chi connectivity index (χ0n) is 20.8. The summed E-state index contributed by atoms with van der Waals surface area (Å²) >= 11 is 0. The van der Waals surface area contributed by atoms with E-state index >= 15 is 0 Å². The second-order valence-corrected chi connectivity index (χ2v) is 8.93. The molecule has 0 spiro atoms. The van der Waals surface area contributed by atoms with Gasteiger partial charge in [-0.2, -0.15) is 0 Å². The molecule has 0 bridgehead atoms. The van der Waals surface area contributed by atoms with Crippen molar-refractivity contribution in [2.75, 3.05) is 26.3 Å². The molecule has 1 atom stereocenters. The Morgan fingerprint density at radius 3 is 2.30 bits per heavy atom. The average molecular weight is 501 g/mol. The van der Waals surface area contributed by atoms with Crippen LogP contribution in [-0.4, -0.2) is 55.0 Å². The Morgan fingerprint density at radius 1 is 0.865 bits per heavy atom. The minimum atomic E-state index is -0.912. The highest BCUT2D eigenvalue weighted by atomic mass is 16.5. The van der Waals surface area contributed by atoms with Crippen LogP contribution < -0.4 is 10.1 Å². The number of piperazine rings is 1. The second-order valence-electron chi connectivity index (χ2n) is 8.93. The topological polar surface area (TPSA) is 84.9 Å². The van der Waals surface area contributed by atoms with Crippen molar-refractivity contribution in [2.24, 2.45) is 0 Å². The molecule has 1 unspecified atom stereocenters. The van der Waals surface area contributed by atoms with E-state index in [1.165, 1.54) is 16.0 Å². The van der Waals surface area contributed by atoms with Gasteiger partial charge in [0.2, 0.25) is 5.91 Å². The van der Waals surface area contributed by atoms with Gasteiger partial charge < -0.3 is 19.7 Å². The first-order valence-electron chi connectivity index (χ1n) is 12.6. The van der Waals surface area contributed by atoms with E-state index in [1.807, 2.05) is 60.7 Å². The SMILES string of the molecule is O=C(CC1C(=O)NCCN1C(=O)c1cccc(OCCc2ccccc2)c1)OCCCc1ccccc1. The van der Waals surface area contributed by atoms with Crippen molar-refractivity contribution < 1.29 is 23.9 Å². The number of carbonyl (C=O) groups excluding carboxylic acids is 3. The van der Waals surface area contributed by atoms with Gasteiger partial charge in [-0.05, 0) is 42.2 Å². The molecule has 3 aromatic carbocycles. The van der Waals surface area contributed by atoms with Gasteiger partial charge in [0.05, 0.1) is 19.6 Å². The van der Waals surface area contributed by atoms with Crippen molar-refractivity contribution in [3.05, 3.63) is 102 Å². The summed E-state index contributed by atoms with van der Waals surface area (Å²) in [6.45, 7) is 1.39. The number of nitrogens with zero attached hydrogens (tertiary/aromatic N) is 1. The van der Waals surface area contributed by atoms with Crippen LogP contribution in [0.25, 0.3) is 0 Å². The first-order valence-corrected chi connectivity index (χ1v) is 12.6. The van der Waals surface area contributed by atoms with Crippen LogP contribution in [0.4, 0.5) is 0 Å². The fraction of sp³-hybridized carbons (Fsp3) is 0.300. The number of hydrogen-bond acceptors (Lipinski definition) is 5. The van der Waals surface area contributed by atoms with Crippen LogP contribution >= 0.6 is 0 Å². The minimum absolute atomic E-state index is 0.184. The van der Waals surface area contributed by atoms with Gasteiger partial charge >= 0.3 is 5.97 Å². The maximum atomic E-state index is 13.3. The summed E-state index contributed by atoms with van der Waals surface area (Å²) in [6.07, 6.45) is 2.05. The van der Waals surface area contributed by atoms with Gasteiger partial charge in [0.25, 0.3) is 5.91 Å². The van der Waals surface area contributed by atoms with E-state index in [2.05, 4.69) is 5.32 Å². The molecule has 1 fully saturated rings. The summed E-state index contributed by atoms with van der Waals surface area (Å²) in [7, 11) is 0. The van der Waals surface area contributed by atoms with Crippen molar-refractivity contribution >= 4 is 17.8 Å². The number of rotatable bonds is 11. The summed E-state index contributed by atoms with van der Waals surface area (Å²) in [4.78, 5) is 39.9. The summed E-state index contributed by atoms with van der Waals surface area (Å²) in [5.41, 5.74) is 2.75. The summed E-state index contributed by atoms with van der Waals surface area (Å²) in [5, 5.41) is 2.75. The molecule has 1 aliphatic rings. The largest absolute Gasteiger partial charge is 0.493 e. The van der Waals surface area contributed by atoms with Crippen LogP contribution in [0, 0.1) is 0 Å². The fourth-order valence-corrected chi connectivity index (χ4v) is 4.30. The zero-order valence-corrected chi connectivity index (χ0v) is 20.8. The van der Waals surface area contributed by atoms with Crippen molar-refractivity contribution in [3.63, 3.8) is 0 Å². The van der Waals surface area contributed by atoms with Crippen molar-refractivity contribution in [3.8, 4) is 5.75 Å². The summed E-state index contributed by atoms with van der Waals surface area (Å²) in [6, 6.07) is 26.0. The van der Waals surface area contributed by atoms with Gasteiger partial charge in [-0.25, -0.2) is 0 Å². The number of hydrogen-bond donors (Lipinski definition) is 1. The van der Waals surface area contributed by atoms with Gasteiger partial charge in [0, 0.05) is 25.1 Å². The predicted molar refractivity (Wildman–Crippen MR) is 140 cm³/mol. The Balaban J connectivity index is 1.31. The average Bonchev–Trinajstić information content (AvgIpc) is 2.93. The first kappa shape index (κ1) is 25.9. The monoisotopic (exact) mass is 500 g/mol. The lowest BCUT2D eigenvalue weighted by Gasteiger charge is -2.34. The van der Waals surface area contributed by atoms with Gasteiger partial charge in [-0.1, -0.05) is 66.7 Å². The maximum Gasteiger partial charge on any atom is 0.308 e. The van der Waals surface area contributed by atoms with E-state index in [-0.39, 0.29) is 24.8 Å². The lowest BCUT2D eigenvalue weighted by Crippen LogP contribution is -2.57. The molecule has 192 valence electrons. The number of carbonyl (C=O) groups is 3. The zero-order chi connectivity index (χ0) is 25.9.